The highest BCUT2D eigenvalue weighted by Gasteiger charge is 2.00. The van der Waals surface area contributed by atoms with Crippen LogP contribution in [0.4, 0.5) is 0 Å². The van der Waals surface area contributed by atoms with Gasteiger partial charge in [-0.1, -0.05) is 5.21 Å². The fraction of sp³-hybridized carbons (Fsp3) is 0.400. The van der Waals surface area contributed by atoms with Crippen LogP contribution in [0.15, 0.2) is 24.7 Å². The van der Waals surface area contributed by atoms with Crippen molar-refractivity contribution < 1.29 is 0 Å². The number of hydrogen-bond acceptors (Lipinski definition) is 3. The molecule has 5 heteroatoms. The smallest absolute Gasteiger partial charge is 0.102 e. The summed E-state index contributed by atoms with van der Waals surface area (Å²) in [4.78, 5) is 0. The molecule has 2 rings (SSSR count). The number of nitrogens with one attached hydrogen (secondary N) is 1. The molecule has 0 saturated heterocycles. The first-order chi connectivity index (χ1) is 7.28. The molecule has 0 aliphatic carbocycles. The number of aromatic nitrogens is 4. The van der Waals surface area contributed by atoms with E-state index < -0.39 is 0 Å². The Morgan fingerprint density at radius 2 is 2.27 bits per heavy atom. The molecular formula is C10H15N5. The van der Waals surface area contributed by atoms with Crippen LogP contribution in [0.25, 0.3) is 0 Å². The van der Waals surface area contributed by atoms with Crippen LogP contribution in [0.3, 0.4) is 0 Å². The second kappa shape index (κ2) is 4.27. The third kappa shape index (κ3) is 2.44. The van der Waals surface area contributed by atoms with Crippen LogP contribution in [0.5, 0.6) is 0 Å². The SMILES string of the molecule is CNCc1ccn(Cc2cn(C)nn2)c1. The van der Waals surface area contributed by atoms with E-state index in [2.05, 4.69) is 38.7 Å². The zero-order valence-electron chi connectivity index (χ0n) is 9.01. The Balaban J connectivity index is 2.04. The second-order valence-corrected chi connectivity index (χ2v) is 3.61. The molecule has 0 fully saturated rings. The van der Waals surface area contributed by atoms with E-state index in [1.807, 2.05) is 20.3 Å². The van der Waals surface area contributed by atoms with E-state index in [1.54, 1.807) is 4.68 Å². The third-order valence-electron chi connectivity index (χ3n) is 2.19. The predicted octanol–water partition coefficient (Wildman–Crippen LogP) is 0.384. The molecule has 0 aliphatic rings. The Morgan fingerprint density at radius 3 is 2.93 bits per heavy atom. The predicted molar refractivity (Wildman–Crippen MR) is 57.3 cm³/mol. The maximum atomic E-state index is 4.04. The van der Waals surface area contributed by atoms with E-state index in [0.29, 0.717) is 0 Å². The summed E-state index contributed by atoms with van der Waals surface area (Å²) in [5, 5.41) is 11.1. The lowest BCUT2D eigenvalue weighted by Gasteiger charge is -1.97. The quantitative estimate of drug-likeness (QED) is 0.785. The van der Waals surface area contributed by atoms with Crippen LogP contribution in [0.2, 0.25) is 0 Å². The van der Waals surface area contributed by atoms with Crippen molar-refractivity contribution in [2.24, 2.45) is 7.05 Å². The fourth-order valence-corrected chi connectivity index (χ4v) is 1.55. The molecule has 0 spiro atoms. The van der Waals surface area contributed by atoms with Gasteiger partial charge in [-0.15, -0.1) is 5.10 Å². The summed E-state index contributed by atoms with van der Waals surface area (Å²) in [5.74, 6) is 0. The number of nitrogens with zero attached hydrogens (tertiary/aromatic N) is 4. The van der Waals surface area contributed by atoms with Crippen LogP contribution in [-0.4, -0.2) is 26.6 Å². The molecule has 2 heterocycles. The van der Waals surface area contributed by atoms with Crippen molar-refractivity contribution in [2.45, 2.75) is 13.1 Å². The largest absolute Gasteiger partial charge is 0.348 e. The Labute approximate surface area is 88.7 Å². The van der Waals surface area contributed by atoms with Crippen molar-refractivity contribution in [1.82, 2.24) is 24.9 Å². The van der Waals surface area contributed by atoms with Gasteiger partial charge in [-0.05, 0) is 18.7 Å². The topological polar surface area (TPSA) is 47.7 Å². The van der Waals surface area contributed by atoms with Gasteiger partial charge in [-0.25, -0.2) is 0 Å². The average molecular weight is 205 g/mol. The summed E-state index contributed by atoms with van der Waals surface area (Å²) in [6, 6.07) is 2.10. The molecule has 2 aromatic heterocycles. The first kappa shape index (κ1) is 9.92. The van der Waals surface area contributed by atoms with Crippen molar-refractivity contribution in [3.05, 3.63) is 35.9 Å². The Kier molecular flexibility index (Phi) is 2.82. The summed E-state index contributed by atoms with van der Waals surface area (Å²) in [7, 11) is 3.82. The lowest BCUT2D eigenvalue weighted by molar-refractivity contribution is 0.709. The van der Waals surface area contributed by atoms with Crippen molar-refractivity contribution in [1.29, 1.82) is 0 Å². The van der Waals surface area contributed by atoms with Crippen LogP contribution in [-0.2, 0) is 20.1 Å². The molecule has 0 unspecified atom stereocenters. The fourth-order valence-electron chi connectivity index (χ4n) is 1.55. The van der Waals surface area contributed by atoms with Gasteiger partial charge in [0.15, 0.2) is 0 Å². The van der Waals surface area contributed by atoms with E-state index in [4.69, 9.17) is 0 Å². The molecular weight excluding hydrogens is 190 g/mol. The highest BCUT2D eigenvalue weighted by molar-refractivity contribution is 5.11. The first-order valence-electron chi connectivity index (χ1n) is 4.92. The van der Waals surface area contributed by atoms with Gasteiger partial charge in [-0.3, -0.25) is 4.68 Å². The van der Waals surface area contributed by atoms with Gasteiger partial charge < -0.3 is 9.88 Å². The molecule has 0 atom stereocenters. The third-order valence-corrected chi connectivity index (χ3v) is 2.19. The van der Waals surface area contributed by atoms with Crippen LogP contribution >= 0.6 is 0 Å². The van der Waals surface area contributed by atoms with Crippen LogP contribution in [0.1, 0.15) is 11.3 Å². The van der Waals surface area contributed by atoms with Crippen molar-refractivity contribution in [3.63, 3.8) is 0 Å². The number of aryl methyl sites for hydroxylation is 1. The normalized spacial score (nSPS) is 10.8. The van der Waals surface area contributed by atoms with Crippen LogP contribution < -0.4 is 5.32 Å². The summed E-state index contributed by atoms with van der Waals surface area (Å²) < 4.78 is 3.82. The highest BCUT2D eigenvalue weighted by Crippen LogP contribution is 2.03. The molecule has 0 radical (unpaired) electrons. The monoisotopic (exact) mass is 205 g/mol. The Hall–Kier alpha value is -1.62. The Morgan fingerprint density at radius 1 is 1.40 bits per heavy atom. The summed E-state index contributed by atoms with van der Waals surface area (Å²) in [5.41, 5.74) is 2.26. The molecule has 2 aromatic rings. The number of hydrogen-bond donors (Lipinski definition) is 1. The first-order valence-corrected chi connectivity index (χ1v) is 4.92. The van der Waals surface area contributed by atoms with E-state index in [9.17, 15) is 0 Å². The van der Waals surface area contributed by atoms with Gasteiger partial charge in [0.25, 0.3) is 0 Å². The van der Waals surface area contributed by atoms with E-state index >= 15 is 0 Å². The van der Waals surface area contributed by atoms with Gasteiger partial charge in [0.05, 0.1) is 6.54 Å². The van der Waals surface area contributed by atoms with E-state index in [1.165, 1.54) is 5.56 Å². The van der Waals surface area contributed by atoms with Gasteiger partial charge in [0.2, 0.25) is 0 Å². The van der Waals surface area contributed by atoms with E-state index in [0.717, 1.165) is 18.8 Å². The zero-order valence-corrected chi connectivity index (χ0v) is 9.01. The minimum atomic E-state index is 0.775. The molecule has 80 valence electrons. The van der Waals surface area contributed by atoms with Gasteiger partial charge in [0, 0.05) is 32.2 Å². The molecule has 0 aromatic carbocycles. The molecule has 0 bridgehead atoms. The number of rotatable bonds is 4. The Bertz CT molecular complexity index is 428. The molecule has 15 heavy (non-hydrogen) atoms. The zero-order chi connectivity index (χ0) is 10.7. The molecule has 0 saturated carbocycles. The second-order valence-electron chi connectivity index (χ2n) is 3.61. The van der Waals surface area contributed by atoms with Crippen molar-refractivity contribution in [3.8, 4) is 0 Å². The van der Waals surface area contributed by atoms with Gasteiger partial charge >= 0.3 is 0 Å². The maximum absolute atomic E-state index is 4.04. The molecule has 0 aliphatic heterocycles. The summed E-state index contributed by atoms with van der Waals surface area (Å²) >= 11 is 0. The molecule has 1 N–H and O–H groups in total. The van der Waals surface area contributed by atoms with Gasteiger partial charge in [-0.2, -0.15) is 0 Å². The minimum Gasteiger partial charge on any atom is -0.348 e. The average Bonchev–Trinajstić information content (AvgIpc) is 2.78. The minimum absolute atomic E-state index is 0.775. The standard InChI is InChI=1S/C10H15N5/c1-11-5-9-3-4-15(6-9)8-10-7-14(2)13-12-10/h3-4,6-7,11H,5,8H2,1-2H3. The molecule has 0 amide bonds. The summed E-state index contributed by atoms with van der Waals surface area (Å²) in [6.07, 6.45) is 6.10. The van der Waals surface area contributed by atoms with Gasteiger partial charge in [0.1, 0.15) is 5.69 Å². The van der Waals surface area contributed by atoms with E-state index in [-0.39, 0.29) is 0 Å². The van der Waals surface area contributed by atoms with Crippen molar-refractivity contribution in [2.75, 3.05) is 7.05 Å². The maximum Gasteiger partial charge on any atom is 0.102 e. The molecule has 5 nitrogen and oxygen atoms in total. The highest BCUT2D eigenvalue weighted by atomic mass is 15.4. The van der Waals surface area contributed by atoms with Crippen LogP contribution in [0, 0.1) is 0 Å². The summed E-state index contributed by atoms with van der Waals surface area (Å²) in [6.45, 7) is 1.67. The van der Waals surface area contributed by atoms with Crippen molar-refractivity contribution >= 4 is 0 Å². The lowest BCUT2D eigenvalue weighted by Crippen LogP contribution is -2.04. The lowest BCUT2D eigenvalue weighted by atomic mass is 10.3.